The first kappa shape index (κ1) is 12.4. The summed E-state index contributed by atoms with van der Waals surface area (Å²) >= 11 is 0. The number of anilines is 1. The van der Waals surface area contributed by atoms with Gasteiger partial charge in [0.1, 0.15) is 0 Å². The van der Waals surface area contributed by atoms with Crippen molar-refractivity contribution in [3.05, 3.63) is 11.3 Å². The molecule has 0 spiro atoms. The zero-order valence-corrected chi connectivity index (χ0v) is 11.0. The minimum Gasteiger partial charge on any atom is -0.381 e. The van der Waals surface area contributed by atoms with Gasteiger partial charge in [0, 0.05) is 30.5 Å². The zero-order valence-electron chi connectivity index (χ0n) is 11.0. The Hall–Kier alpha value is -1.03. The SMILES string of the molecule is CCc1[nH]nc(NC(C)C2CCOCC2)c1C. The van der Waals surface area contributed by atoms with Crippen LogP contribution in [0.5, 0.6) is 0 Å². The summed E-state index contributed by atoms with van der Waals surface area (Å²) in [5, 5.41) is 11.0. The molecular weight excluding hydrogens is 214 g/mol. The van der Waals surface area contributed by atoms with Crippen LogP contribution in [0.15, 0.2) is 0 Å². The van der Waals surface area contributed by atoms with E-state index in [4.69, 9.17) is 4.74 Å². The van der Waals surface area contributed by atoms with E-state index in [0.29, 0.717) is 12.0 Å². The van der Waals surface area contributed by atoms with E-state index in [-0.39, 0.29) is 0 Å². The molecule has 2 rings (SSSR count). The number of nitrogens with zero attached hydrogens (tertiary/aromatic N) is 1. The van der Waals surface area contributed by atoms with E-state index >= 15 is 0 Å². The molecule has 0 amide bonds. The lowest BCUT2D eigenvalue weighted by atomic mass is 9.93. The monoisotopic (exact) mass is 237 g/mol. The minimum atomic E-state index is 0.464. The maximum Gasteiger partial charge on any atom is 0.151 e. The fraction of sp³-hybridized carbons (Fsp3) is 0.769. The molecule has 17 heavy (non-hydrogen) atoms. The molecule has 2 N–H and O–H groups in total. The summed E-state index contributed by atoms with van der Waals surface area (Å²) in [6.45, 7) is 8.32. The molecule has 4 heteroatoms. The normalized spacial score (nSPS) is 19.2. The van der Waals surface area contributed by atoms with Crippen molar-refractivity contribution in [3.63, 3.8) is 0 Å². The lowest BCUT2D eigenvalue weighted by Crippen LogP contribution is -2.31. The van der Waals surface area contributed by atoms with E-state index < -0.39 is 0 Å². The van der Waals surface area contributed by atoms with Gasteiger partial charge in [0.25, 0.3) is 0 Å². The van der Waals surface area contributed by atoms with E-state index in [1.54, 1.807) is 0 Å². The third kappa shape index (κ3) is 2.80. The first-order valence-electron chi connectivity index (χ1n) is 6.60. The minimum absolute atomic E-state index is 0.464. The summed E-state index contributed by atoms with van der Waals surface area (Å²) < 4.78 is 5.40. The van der Waals surface area contributed by atoms with Crippen LogP contribution in [0, 0.1) is 12.8 Å². The quantitative estimate of drug-likeness (QED) is 0.846. The summed E-state index contributed by atoms with van der Waals surface area (Å²) in [4.78, 5) is 0. The van der Waals surface area contributed by atoms with E-state index in [1.807, 2.05) is 0 Å². The molecule has 0 saturated carbocycles. The maximum atomic E-state index is 5.40. The number of aromatic nitrogens is 2. The van der Waals surface area contributed by atoms with Crippen molar-refractivity contribution >= 4 is 5.82 Å². The summed E-state index contributed by atoms with van der Waals surface area (Å²) in [5.41, 5.74) is 2.48. The second kappa shape index (κ2) is 5.54. The number of ether oxygens (including phenoxy) is 1. The van der Waals surface area contributed by atoms with Crippen molar-refractivity contribution in [2.75, 3.05) is 18.5 Å². The Bertz CT molecular complexity index is 356. The first-order chi connectivity index (χ1) is 8.22. The Balaban J connectivity index is 1.96. The van der Waals surface area contributed by atoms with Gasteiger partial charge in [-0.3, -0.25) is 5.10 Å². The van der Waals surface area contributed by atoms with Gasteiger partial charge in [0.15, 0.2) is 5.82 Å². The van der Waals surface area contributed by atoms with Gasteiger partial charge in [-0.05, 0) is 39.0 Å². The van der Waals surface area contributed by atoms with Crippen molar-refractivity contribution in [2.45, 2.75) is 46.1 Å². The molecule has 1 aromatic heterocycles. The van der Waals surface area contributed by atoms with Gasteiger partial charge in [-0.25, -0.2) is 0 Å². The Kier molecular flexibility index (Phi) is 4.05. The molecule has 1 aromatic rings. The van der Waals surface area contributed by atoms with E-state index in [1.165, 1.54) is 11.3 Å². The maximum absolute atomic E-state index is 5.40. The van der Waals surface area contributed by atoms with Crippen LogP contribution in [-0.4, -0.2) is 29.5 Å². The molecule has 1 unspecified atom stereocenters. The van der Waals surface area contributed by atoms with Gasteiger partial charge in [0.2, 0.25) is 0 Å². The van der Waals surface area contributed by atoms with Gasteiger partial charge in [-0.2, -0.15) is 5.10 Å². The van der Waals surface area contributed by atoms with Gasteiger partial charge in [-0.15, -0.1) is 0 Å². The third-order valence-electron chi connectivity index (χ3n) is 3.80. The van der Waals surface area contributed by atoms with Crippen molar-refractivity contribution in [1.82, 2.24) is 10.2 Å². The van der Waals surface area contributed by atoms with E-state index in [9.17, 15) is 0 Å². The van der Waals surface area contributed by atoms with Crippen LogP contribution in [0.25, 0.3) is 0 Å². The highest BCUT2D eigenvalue weighted by molar-refractivity contribution is 5.46. The number of aromatic amines is 1. The van der Waals surface area contributed by atoms with Crippen LogP contribution in [-0.2, 0) is 11.2 Å². The van der Waals surface area contributed by atoms with E-state index in [0.717, 1.165) is 38.3 Å². The van der Waals surface area contributed by atoms with Crippen LogP contribution in [0.2, 0.25) is 0 Å². The third-order valence-corrected chi connectivity index (χ3v) is 3.80. The largest absolute Gasteiger partial charge is 0.381 e. The highest BCUT2D eigenvalue weighted by Crippen LogP contribution is 2.23. The Morgan fingerprint density at radius 1 is 1.47 bits per heavy atom. The predicted molar refractivity (Wildman–Crippen MR) is 69.3 cm³/mol. The average Bonchev–Trinajstić information content (AvgIpc) is 2.71. The Morgan fingerprint density at radius 3 is 2.76 bits per heavy atom. The smallest absolute Gasteiger partial charge is 0.151 e. The molecule has 0 aromatic carbocycles. The molecule has 0 aliphatic carbocycles. The molecular formula is C13H23N3O. The van der Waals surface area contributed by atoms with Crippen molar-refractivity contribution in [3.8, 4) is 0 Å². The number of nitrogens with one attached hydrogen (secondary N) is 2. The standard InChI is InChI=1S/C13H23N3O/c1-4-12-9(2)13(16-15-12)14-10(3)11-5-7-17-8-6-11/h10-11H,4-8H2,1-3H3,(H2,14,15,16). The molecule has 4 nitrogen and oxygen atoms in total. The molecule has 1 aliphatic rings. The first-order valence-corrected chi connectivity index (χ1v) is 6.60. The van der Waals surface area contributed by atoms with Crippen LogP contribution in [0.4, 0.5) is 5.82 Å². The van der Waals surface area contributed by atoms with Crippen LogP contribution in [0.3, 0.4) is 0 Å². The number of hydrogen-bond donors (Lipinski definition) is 2. The van der Waals surface area contributed by atoms with Crippen molar-refractivity contribution < 1.29 is 4.74 Å². The number of H-pyrrole nitrogens is 1. The average molecular weight is 237 g/mol. The van der Waals surface area contributed by atoms with Gasteiger partial charge >= 0.3 is 0 Å². The van der Waals surface area contributed by atoms with Crippen molar-refractivity contribution in [1.29, 1.82) is 0 Å². The summed E-state index contributed by atoms with van der Waals surface area (Å²) in [5.74, 6) is 1.71. The van der Waals surface area contributed by atoms with Crippen LogP contribution in [0.1, 0.15) is 37.9 Å². The zero-order chi connectivity index (χ0) is 12.3. The fourth-order valence-electron chi connectivity index (χ4n) is 2.47. The summed E-state index contributed by atoms with van der Waals surface area (Å²) in [7, 11) is 0. The summed E-state index contributed by atoms with van der Waals surface area (Å²) in [6.07, 6.45) is 3.31. The molecule has 1 atom stereocenters. The van der Waals surface area contributed by atoms with Crippen LogP contribution >= 0.6 is 0 Å². The summed E-state index contributed by atoms with van der Waals surface area (Å²) in [6, 6.07) is 0.464. The lowest BCUT2D eigenvalue weighted by Gasteiger charge is -2.28. The number of rotatable bonds is 4. The fourth-order valence-corrected chi connectivity index (χ4v) is 2.47. The number of hydrogen-bond acceptors (Lipinski definition) is 3. The molecule has 1 aliphatic heterocycles. The number of aryl methyl sites for hydroxylation is 1. The topological polar surface area (TPSA) is 49.9 Å². The van der Waals surface area contributed by atoms with Gasteiger partial charge in [0.05, 0.1) is 0 Å². The second-order valence-corrected chi connectivity index (χ2v) is 4.91. The molecule has 2 heterocycles. The predicted octanol–water partition coefficient (Wildman–Crippen LogP) is 2.51. The molecule has 96 valence electrons. The molecule has 0 radical (unpaired) electrons. The Labute approximate surface area is 103 Å². The van der Waals surface area contributed by atoms with Gasteiger partial charge < -0.3 is 10.1 Å². The molecule has 1 saturated heterocycles. The Morgan fingerprint density at radius 2 is 2.18 bits per heavy atom. The molecule has 1 fully saturated rings. The van der Waals surface area contributed by atoms with Crippen molar-refractivity contribution in [2.24, 2.45) is 5.92 Å². The highest BCUT2D eigenvalue weighted by Gasteiger charge is 2.21. The second-order valence-electron chi connectivity index (χ2n) is 4.91. The molecule has 0 bridgehead atoms. The van der Waals surface area contributed by atoms with E-state index in [2.05, 4.69) is 36.3 Å². The lowest BCUT2D eigenvalue weighted by molar-refractivity contribution is 0.0622. The highest BCUT2D eigenvalue weighted by atomic mass is 16.5. The van der Waals surface area contributed by atoms with Crippen LogP contribution < -0.4 is 5.32 Å². The van der Waals surface area contributed by atoms with Gasteiger partial charge in [-0.1, -0.05) is 6.92 Å².